The van der Waals surface area contributed by atoms with Crippen molar-refractivity contribution in [3.05, 3.63) is 0 Å². The Morgan fingerprint density at radius 2 is 1.61 bits per heavy atom. The standard InChI is InChI=1S/C11H18F3NO2S/c1-9(2,3)18(17)15-10(11(12,13)14)6-4-8(16)5-7-10/h15H,4-7H2,1-3H3. The van der Waals surface area contributed by atoms with Gasteiger partial charge in [-0.05, 0) is 33.6 Å². The predicted octanol–water partition coefficient (Wildman–Crippen LogP) is 2.48. The minimum atomic E-state index is -4.51. The van der Waals surface area contributed by atoms with E-state index in [1.807, 2.05) is 0 Å². The number of nitrogens with one attached hydrogen (secondary N) is 1. The van der Waals surface area contributed by atoms with E-state index in [9.17, 15) is 22.2 Å². The summed E-state index contributed by atoms with van der Waals surface area (Å²) in [6.45, 7) is 4.82. The number of halogens is 3. The lowest BCUT2D eigenvalue weighted by Gasteiger charge is -2.40. The van der Waals surface area contributed by atoms with Crippen LogP contribution in [0.3, 0.4) is 0 Å². The zero-order valence-electron chi connectivity index (χ0n) is 10.7. The molecule has 0 spiro atoms. The van der Waals surface area contributed by atoms with Crippen molar-refractivity contribution >= 4 is 16.8 Å². The molecule has 0 aromatic rings. The number of rotatable bonds is 2. The van der Waals surface area contributed by atoms with Crippen LogP contribution in [-0.2, 0) is 15.8 Å². The molecule has 1 fully saturated rings. The summed E-state index contributed by atoms with van der Waals surface area (Å²) in [5, 5.41) is 0. The van der Waals surface area contributed by atoms with Gasteiger partial charge in [0.05, 0.1) is 15.7 Å². The van der Waals surface area contributed by atoms with Crippen LogP contribution in [0, 0.1) is 0 Å². The molecule has 1 rings (SSSR count). The van der Waals surface area contributed by atoms with E-state index in [4.69, 9.17) is 0 Å². The maximum absolute atomic E-state index is 13.2. The summed E-state index contributed by atoms with van der Waals surface area (Å²) in [4.78, 5) is 11.1. The first kappa shape index (κ1) is 15.6. The topological polar surface area (TPSA) is 46.2 Å². The molecule has 1 saturated carbocycles. The summed E-state index contributed by atoms with van der Waals surface area (Å²) in [5.74, 6) is -0.168. The molecule has 3 nitrogen and oxygen atoms in total. The average molecular weight is 285 g/mol. The summed E-state index contributed by atoms with van der Waals surface area (Å²) >= 11 is 0. The summed E-state index contributed by atoms with van der Waals surface area (Å²) < 4.78 is 52.8. The van der Waals surface area contributed by atoms with Crippen LogP contribution >= 0.6 is 0 Å². The number of carbonyl (C=O) groups is 1. The highest BCUT2D eigenvalue weighted by atomic mass is 32.2. The summed E-state index contributed by atoms with van der Waals surface area (Å²) in [6.07, 6.45) is -5.41. The summed E-state index contributed by atoms with van der Waals surface area (Å²) in [6, 6.07) is 0. The molecule has 1 N–H and O–H groups in total. The second-order valence-electron chi connectivity index (χ2n) is 5.60. The van der Waals surface area contributed by atoms with Gasteiger partial charge in [-0.1, -0.05) is 0 Å². The van der Waals surface area contributed by atoms with Crippen LogP contribution in [0.5, 0.6) is 0 Å². The highest BCUT2D eigenvalue weighted by Crippen LogP contribution is 2.41. The van der Waals surface area contributed by atoms with E-state index in [0.717, 1.165) is 0 Å². The molecule has 0 bridgehead atoms. The normalized spacial score (nSPS) is 22.9. The van der Waals surface area contributed by atoms with Crippen molar-refractivity contribution < 1.29 is 22.2 Å². The van der Waals surface area contributed by atoms with Crippen molar-refractivity contribution in [1.29, 1.82) is 0 Å². The van der Waals surface area contributed by atoms with Gasteiger partial charge in [0.2, 0.25) is 0 Å². The summed E-state index contributed by atoms with van der Waals surface area (Å²) in [5.41, 5.74) is -2.20. The maximum Gasteiger partial charge on any atom is 0.407 e. The van der Waals surface area contributed by atoms with Gasteiger partial charge in [-0.2, -0.15) is 13.2 Å². The zero-order chi connectivity index (χ0) is 14.2. The molecule has 0 amide bonds. The van der Waals surface area contributed by atoms with Gasteiger partial charge >= 0.3 is 6.18 Å². The lowest BCUT2D eigenvalue weighted by Crippen LogP contribution is -2.60. The Bertz CT molecular complexity index is 350. The Morgan fingerprint density at radius 3 is 1.94 bits per heavy atom. The van der Waals surface area contributed by atoms with E-state index in [0.29, 0.717) is 0 Å². The third kappa shape index (κ3) is 3.32. The Morgan fingerprint density at radius 1 is 1.17 bits per heavy atom. The van der Waals surface area contributed by atoms with Crippen molar-refractivity contribution in [3.63, 3.8) is 0 Å². The Hall–Kier alpha value is -0.430. The molecule has 7 heteroatoms. The fraction of sp³-hybridized carbons (Fsp3) is 0.909. The van der Waals surface area contributed by atoms with Crippen LogP contribution in [-0.4, -0.2) is 26.5 Å². The van der Waals surface area contributed by atoms with E-state index < -0.39 is 27.4 Å². The lowest BCUT2D eigenvalue weighted by molar-refractivity contribution is -0.198. The van der Waals surface area contributed by atoms with E-state index in [1.165, 1.54) is 0 Å². The molecule has 1 aliphatic carbocycles. The second-order valence-corrected chi connectivity index (χ2v) is 7.57. The first-order valence-electron chi connectivity index (χ1n) is 5.76. The molecular formula is C11H18F3NO2S. The van der Waals surface area contributed by atoms with Gasteiger partial charge in [-0.25, -0.2) is 8.93 Å². The molecule has 1 unspecified atom stereocenters. The average Bonchev–Trinajstić information content (AvgIpc) is 2.18. The third-order valence-electron chi connectivity index (χ3n) is 3.05. The highest BCUT2D eigenvalue weighted by molar-refractivity contribution is 7.84. The molecule has 0 aliphatic heterocycles. The molecule has 106 valence electrons. The molecule has 0 radical (unpaired) electrons. The molecule has 1 atom stereocenters. The maximum atomic E-state index is 13.2. The molecule has 1 aliphatic rings. The van der Waals surface area contributed by atoms with Gasteiger partial charge in [0.15, 0.2) is 0 Å². The molecule has 0 saturated heterocycles. The van der Waals surface area contributed by atoms with E-state index in [-0.39, 0.29) is 31.5 Å². The fourth-order valence-corrected chi connectivity index (χ4v) is 2.71. The van der Waals surface area contributed by atoms with Gasteiger partial charge in [0.25, 0.3) is 0 Å². The van der Waals surface area contributed by atoms with Gasteiger partial charge in [-0.15, -0.1) is 0 Å². The first-order valence-corrected chi connectivity index (χ1v) is 6.91. The van der Waals surface area contributed by atoms with Crippen molar-refractivity contribution in [1.82, 2.24) is 4.72 Å². The predicted molar refractivity (Wildman–Crippen MR) is 63.3 cm³/mol. The number of Topliss-reactive ketones (excluding diaryl/α,β-unsaturated/α-hetero) is 1. The smallest absolute Gasteiger partial charge is 0.300 e. The third-order valence-corrected chi connectivity index (χ3v) is 4.74. The first-order chi connectivity index (χ1) is 7.98. The van der Waals surface area contributed by atoms with Gasteiger partial charge in [-0.3, -0.25) is 4.79 Å². The van der Waals surface area contributed by atoms with Crippen molar-refractivity contribution in [2.45, 2.75) is 62.9 Å². The van der Waals surface area contributed by atoms with Gasteiger partial charge in [0.1, 0.15) is 11.3 Å². The van der Waals surface area contributed by atoms with Crippen molar-refractivity contribution in [3.8, 4) is 0 Å². The fourth-order valence-electron chi connectivity index (χ4n) is 1.73. The number of carbonyl (C=O) groups excluding carboxylic acids is 1. The Kier molecular flexibility index (Phi) is 4.27. The highest BCUT2D eigenvalue weighted by Gasteiger charge is 2.57. The quantitative estimate of drug-likeness (QED) is 0.847. The zero-order valence-corrected chi connectivity index (χ0v) is 11.5. The van der Waals surface area contributed by atoms with Gasteiger partial charge in [0, 0.05) is 12.8 Å². The monoisotopic (exact) mass is 285 g/mol. The van der Waals surface area contributed by atoms with Crippen molar-refractivity contribution in [2.24, 2.45) is 0 Å². The molecular weight excluding hydrogens is 267 g/mol. The van der Waals surface area contributed by atoms with Gasteiger partial charge < -0.3 is 0 Å². The SMILES string of the molecule is CC(C)(C)S(=O)NC1(C(F)(F)F)CCC(=O)CC1. The lowest BCUT2D eigenvalue weighted by atomic mass is 9.81. The number of hydrogen-bond acceptors (Lipinski definition) is 2. The molecule has 0 aromatic heterocycles. The van der Waals surface area contributed by atoms with Crippen LogP contribution in [0.2, 0.25) is 0 Å². The summed E-state index contributed by atoms with van der Waals surface area (Å²) in [7, 11) is -1.81. The Balaban J connectivity index is 2.94. The number of ketones is 1. The number of hydrogen-bond donors (Lipinski definition) is 1. The minimum Gasteiger partial charge on any atom is -0.300 e. The van der Waals surface area contributed by atoms with Crippen LogP contribution in [0.25, 0.3) is 0 Å². The van der Waals surface area contributed by atoms with E-state index >= 15 is 0 Å². The van der Waals surface area contributed by atoms with E-state index in [2.05, 4.69) is 4.72 Å². The second kappa shape index (κ2) is 4.92. The van der Waals surface area contributed by atoms with Crippen LogP contribution < -0.4 is 4.72 Å². The van der Waals surface area contributed by atoms with E-state index in [1.54, 1.807) is 20.8 Å². The number of alkyl halides is 3. The largest absolute Gasteiger partial charge is 0.407 e. The minimum absolute atomic E-state index is 0.117. The van der Waals surface area contributed by atoms with Crippen LogP contribution in [0.15, 0.2) is 0 Å². The van der Waals surface area contributed by atoms with Crippen molar-refractivity contribution in [2.75, 3.05) is 0 Å². The molecule has 0 aromatic carbocycles. The van der Waals surface area contributed by atoms with Crippen LogP contribution in [0.1, 0.15) is 46.5 Å². The molecule has 18 heavy (non-hydrogen) atoms. The van der Waals surface area contributed by atoms with Crippen LogP contribution in [0.4, 0.5) is 13.2 Å². The Labute approximate surface area is 107 Å². The molecule has 0 heterocycles.